The first-order chi connectivity index (χ1) is 16.3. The Morgan fingerprint density at radius 1 is 0.971 bits per heavy atom. The number of sulfonamides is 1. The maximum absolute atomic E-state index is 12.9. The van der Waals surface area contributed by atoms with E-state index in [0.717, 1.165) is 45.2 Å². The summed E-state index contributed by atoms with van der Waals surface area (Å²) in [5.41, 5.74) is 1.07. The monoisotopic (exact) mass is 487 g/mol. The minimum Gasteiger partial charge on any atom is -0.451 e. The Balaban J connectivity index is 1.35. The topological polar surface area (TPSA) is 122 Å². The first-order valence-electron chi connectivity index (χ1n) is 11.5. The molecule has 2 saturated heterocycles. The Morgan fingerprint density at radius 2 is 1.68 bits per heavy atom. The minimum absolute atomic E-state index is 0.0153. The molecule has 1 N–H and O–H groups in total. The summed E-state index contributed by atoms with van der Waals surface area (Å²) in [6, 6.07) is 7.88. The number of aromatic nitrogens is 2. The molecule has 1 aromatic heterocycles. The van der Waals surface area contributed by atoms with Crippen molar-refractivity contribution in [1.82, 2.24) is 14.5 Å². The number of anilines is 2. The number of hydrogen-bond donors (Lipinski definition) is 1. The molecule has 0 unspecified atom stereocenters. The summed E-state index contributed by atoms with van der Waals surface area (Å²) in [5, 5.41) is 10.6. The van der Waals surface area contributed by atoms with E-state index in [0.29, 0.717) is 30.2 Å². The van der Waals surface area contributed by atoms with E-state index in [2.05, 4.69) is 20.4 Å². The van der Waals surface area contributed by atoms with Gasteiger partial charge in [0.2, 0.25) is 10.0 Å². The lowest BCUT2D eigenvalue weighted by atomic mass is 10.2. The van der Waals surface area contributed by atoms with Gasteiger partial charge >= 0.3 is 5.97 Å². The quantitative estimate of drug-likeness (QED) is 0.591. The molecule has 182 valence electrons. The fraction of sp³-hybridized carbons (Fsp3) is 0.478. The molecule has 10 nitrogen and oxygen atoms in total. The summed E-state index contributed by atoms with van der Waals surface area (Å²) in [6.07, 6.45) is 4.91. The number of amides is 1. The van der Waals surface area contributed by atoms with E-state index >= 15 is 0 Å². The number of aryl methyl sites for hydroxylation is 1. The predicted octanol–water partition coefficient (Wildman–Crippen LogP) is 2.36. The first-order valence-corrected chi connectivity index (χ1v) is 12.9. The Hall–Kier alpha value is -3.05. The lowest BCUT2D eigenvalue weighted by Gasteiger charge is -2.26. The molecule has 0 bridgehead atoms. The molecule has 2 aliphatic rings. The normalized spacial score (nSPS) is 16.9. The van der Waals surface area contributed by atoms with Crippen molar-refractivity contribution in [3.8, 4) is 0 Å². The molecule has 0 radical (unpaired) electrons. The molecule has 0 spiro atoms. The predicted molar refractivity (Wildman–Crippen MR) is 126 cm³/mol. The highest BCUT2D eigenvalue weighted by atomic mass is 32.2. The zero-order chi connectivity index (χ0) is 24.1. The van der Waals surface area contributed by atoms with E-state index in [4.69, 9.17) is 4.74 Å². The second-order valence-electron chi connectivity index (χ2n) is 8.54. The number of benzene rings is 1. The van der Waals surface area contributed by atoms with E-state index in [1.54, 1.807) is 25.1 Å². The molecule has 3 heterocycles. The average molecular weight is 488 g/mol. The zero-order valence-electron chi connectivity index (χ0n) is 19.2. The number of nitrogens with zero attached hydrogens (tertiary/aromatic N) is 4. The van der Waals surface area contributed by atoms with Crippen molar-refractivity contribution in [3.63, 3.8) is 0 Å². The van der Waals surface area contributed by atoms with Crippen molar-refractivity contribution in [1.29, 1.82) is 0 Å². The molecular weight excluding hydrogens is 458 g/mol. The van der Waals surface area contributed by atoms with Gasteiger partial charge in [-0.25, -0.2) is 13.2 Å². The summed E-state index contributed by atoms with van der Waals surface area (Å²) >= 11 is 0. The van der Waals surface area contributed by atoms with Gasteiger partial charge in [0.25, 0.3) is 5.91 Å². The number of nitrogens with one attached hydrogen (secondary N) is 1. The Labute approximate surface area is 199 Å². The second-order valence-corrected chi connectivity index (χ2v) is 10.5. The molecule has 34 heavy (non-hydrogen) atoms. The highest BCUT2D eigenvalue weighted by molar-refractivity contribution is 7.89. The molecule has 4 rings (SSSR count). The van der Waals surface area contributed by atoms with Crippen molar-refractivity contribution < 1.29 is 22.7 Å². The van der Waals surface area contributed by atoms with E-state index < -0.39 is 28.5 Å². The summed E-state index contributed by atoms with van der Waals surface area (Å²) in [6.45, 7) is 4.05. The van der Waals surface area contributed by atoms with Gasteiger partial charge in [0, 0.05) is 31.9 Å². The highest BCUT2D eigenvalue weighted by Gasteiger charge is 2.26. The van der Waals surface area contributed by atoms with Crippen molar-refractivity contribution in [2.24, 2.45) is 0 Å². The van der Waals surface area contributed by atoms with Crippen molar-refractivity contribution in [2.45, 2.75) is 43.9 Å². The molecule has 1 amide bonds. The lowest BCUT2D eigenvalue weighted by Crippen LogP contribution is -2.35. The highest BCUT2D eigenvalue weighted by Crippen LogP contribution is 2.25. The van der Waals surface area contributed by atoms with Gasteiger partial charge in [-0.05, 0) is 62.4 Å². The average Bonchev–Trinajstić information content (AvgIpc) is 3.39. The molecule has 11 heteroatoms. The van der Waals surface area contributed by atoms with Crippen molar-refractivity contribution in [2.75, 3.05) is 43.0 Å². The lowest BCUT2D eigenvalue weighted by molar-refractivity contribution is -0.119. The van der Waals surface area contributed by atoms with Gasteiger partial charge in [0.05, 0.1) is 4.90 Å². The molecule has 0 aliphatic carbocycles. The van der Waals surface area contributed by atoms with Crippen LogP contribution in [0.15, 0.2) is 35.2 Å². The smallest absolute Gasteiger partial charge is 0.359 e. The summed E-state index contributed by atoms with van der Waals surface area (Å²) in [4.78, 5) is 26.9. The fourth-order valence-electron chi connectivity index (χ4n) is 4.09. The van der Waals surface area contributed by atoms with Crippen LogP contribution in [0.2, 0.25) is 0 Å². The van der Waals surface area contributed by atoms with Crippen LogP contribution in [-0.4, -0.2) is 67.6 Å². The van der Waals surface area contributed by atoms with Crippen LogP contribution in [0.25, 0.3) is 0 Å². The first kappa shape index (κ1) is 24.1. The number of carbonyl (C=O) groups excluding carboxylic acids is 2. The van der Waals surface area contributed by atoms with Gasteiger partial charge < -0.3 is 15.0 Å². The van der Waals surface area contributed by atoms with E-state index in [1.165, 1.54) is 16.4 Å². The standard InChI is InChI=1S/C23H29N5O5S/c1-17-7-8-18(34(31,32)28-13-3-2-4-14-28)15-20(17)24-22(29)16-33-23(30)19-9-10-21(26-25-19)27-11-5-6-12-27/h7-10,15H,2-6,11-14,16H2,1H3,(H,24,29). The maximum atomic E-state index is 12.9. The van der Waals surface area contributed by atoms with Crippen LogP contribution < -0.4 is 10.2 Å². The Bertz CT molecular complexity index is 1140. The molecule has 2 aromatic rings. The molecule has 1 aromatic carbocycles. The summed E-state index contributed by atoms with van der Waals surface area (Å²) in [5.74, 6) is -0.624. The molecular formula is C23H29N5O5S. The number of hydrogen-bond acceptors (Lipinski definition) is 8. The third-order valence-corrected chi connectivity index (χ3v) is 7.95. The Kier molecular flexibility index (Phi) is 7.42. The van der Waals surface area contributed by atoms with Gasteiger partial charge in [-0.2, -0.15) is 4.31 Å². The third kappa shape index (κ3) is 5.53. The third-order valence-electron chi connectivity index (χ3n) is 6.06. The van der Waals surface area contributed by atoms with Gasteiger partial charge in [-0.1, -0.05) is 12.5 Å². The van der Waals surface area contributed by atoms with Gasteiger partial charge in [0.1, 0.15) is 0 Å². The Morgan fingerprint density at radius 3 is 2.35 bits per heavy atom. The van der Waals surface area contributed by atoms with E-state index in [9.17, 15) is 18.0 Å². The van der Waals surface area contributed by atoms with Crippen LogP contribution in [0.1, 0.15) is 48.2 Å². The SMILES string of the molecule is Cc1ccc(S(=O)(=O)N2CCCCC2)cc1NC(=O)COC(=O)c1ccc(N2CCCC2)nn1. The van der Waals surface area contributed by atoms with Crippen molar-refractivity contribution >= 4 is 33.4 Å². The van der Waals surface area contributed by atoms with Gasteiger partial charge in [0.15, 0.2) is 18.1 Å². The van der Waals surface area contributed by atoms with Crippen LogP contribution in [-0.2, 0) is 19.6 Å². The largest absolute Gasteiger partial charge is 0.451 e. The zero-order valence-corrected chi connectivity index (χ0v) is 20.0. The summed E-state index contributed by atoms with van der Waals surface area (Å²) < 4.78 is 32.4. The van der Waals surface area contributed by atoms with Gasteiger partial charge in [-0.15, -0.1) is 10.2 Å². The number of ether oxygens (including phenoxy) is 1. The van der Waals surface area contributed by atoms with E-state index in [-0.39, 0.29) is 10.6 Å². The minimum atomic E-state index is -3.63. The van der Waals surface area contributed by atoms with E-state index in [1.807, 2.05) is 0 Å². The van der Waals surface area contributed by atoms with Crippen LogP contribution in [0.3, 0.4) is 0 Å². The van der Waals surface area contributed by atoms with Crippen LogP contribution in [0.5, 0.6) is 0 Å². The fourth-order valence-corrected chi connectivity index (χ4v) is 5.63. The second kappa shape index (κ2) is 10.5. The number of rotatable bonds is 7. The molecule has 0 atom stereocenters. The van der Waals surface area contributed by atoms with Crippen LogP contribution in [0, 0.1) is 6.92 Å². The number of piperidine rings is 1. The molecule has 2 aliphatic heterocycles. The maximum Gasteiger partial charge on any atom is 0.359 e. The van der Waals surface area contributed by atoms with Gasteiger partial charge in [-0.3, -0.25) is 4.79 Å². The number of esters is 1. The number of carbonyl (C=O) groups is 2. The van der Waals surface area contributed by atoms with Crippen molar-refractivity contribution in [3.05, 3.63) is 41.6 Å². The van der Waals surface area contributed by atoms with Crippen LogP contribution >= 0.6 is 0 Å². The molecule has 2 fully saturated rings. The summed E-state index contributed by atoms with van der Waals surface area (Å²) in [7, 11) is -3.63. The van der Waals surface area contributed by atoms with Crippen LogP contribution in [0.4, 0.5) is 11.5 Å². The molecule has 0 saturated carbocycles.